The molecule has 102 valence electrons. The topological polar surface area (TPSA) is 79.3 Å². The van der Waals surface area contributed by atoms with E-state index < -0.39 is 16.1 Å². The van der Waals surface area contributed by atoms with Gasteiger partial charge in [0.15, 0.2) is 0 Å². The summed E-state index contributed by atoms with van der Waals surface area (Å²) in [6.07, 6.45) is 3.65. The summed E-state index contributed by atoms with van der Waals surface area (Å²) in [5.41, 5.74) is 0.943. The molecule has 2 unspecified atom stereocenters. The summed E-state index contributed by atoms with van der Waals surface area (Å²) in [7, 11) is -3.31. The van der Waals surface area contributed by atoms with Crippen molar-refractivity contribution in [3.8, 4) is 0 Å². The highest BCUT2D eigenvalue weighted by atomic mass is 32.2. The zero-order chi connectivity index (χ0) is 13.6. The summed E-state index contributed by atoms with van der Waals surface area (Å²) in [6, 6.07) is 3.34. The average molecular weight is 272 g/mol. The Bertz CT molecular complexity index is 446. The second-order valence-corrected chi connectivity index (χ2v) is 6.40. The molecule has 0 aliphatic heterocycles. The Balaban J connectivity index is 2.45. The Kier molecular flexibility index (Phi) is 5.71. The number of aliphatic hydroxyl groups excluding tert-OH is 1. The maximum atomic E-state index is 11.8. The van der Waals surface area contributed by atoms with E-state index >= 15 is 0 Å². The molecular formula is C12H20N2O3S. The predicted octanol–water partition coefficient (Wildman–Crippen LogP) is 0.703. The highest BCUT2D eigenvalue weighted by molar-refractivity contribution is 7.89. The van der Waals surface area contributed by atoms with Crippen LogP contribution in [0.15, 0.2) is 24.5 Å². The van der Waals surface area contributed by atoms with Crippen LogP contribution < -0.4 is 4.72 Å². The van der Waals surface area contributed by atoms with Crippen molar-refractivity contribution < 1.29 is 13.5 Å². The van der Waals surface area contributed by atoms with Crippen LogP contribution in [-0.2, 0) is 16.4 Å². The van der Waals surface area contributed by atoms with E-state index in [4.69, 9.17) is 0 Å². The lowest BCUT2D eigenvalue weighted by Gasteiger charge is -2.15. The number of nitrogens with zero attached hydrogens (tertiary/aromatic N) is 1. The van der Waals surface area contributed by atoms with E-state index in [1.807, 2.05) is 0 Å². The highest BCUT2D eigenvalue weighted by Gasteiger charge is 2.15. The van der Waals surface area contributed by atoms with Crippen molar-refractivity contribution in [3.63, 3.8) is 0 Å². The fourth-order valence-corrected chi connectivity index (χ4v) is 3.06. The quantitative estimate of drug-likeness (QED) is 0.766. The lowest BCUT2D eigenvalue weighted by atomic mass is 10.2. The first-order chi connectivity index (χ1) is 8.39. The number of nitrogens with one attached hydrogen (secondary N) is 1. The maximum absolute atomic E-state index is 11.8. The minimum atomic E-state index is -3.31. The van der Waals surface area contributed by atoms with Crippen LogP contribution in [0.4, 0.5) is 0 Å². The second-order valence-electron chi connectivity index (χ2n) is 4.53. The molecule has 0 bridgehead atoms. The summed E-state index contributed by atoms with van der Waals surface area (Å²) >= 11 is 0. The van der Waals surface area contributed by atoms with Crippen molar-refractivity contribution in [2.75, 3.05) is 5.75 Å². The van der Waals surface area contributed by atoms with Gasteiger partial charge < -0.3 is 5.11 Å². The second kappa shape index (κ2) is 6.82. The molecule has 2 N–H and O–H groups in total. The van der Waals surface area contributed by atoms with Gasteiger partial charge in [0.05, 0.1) is 11.9 Å². The number of sulfonamides is 1. The molecule has 0 amide bonds. The van der Waals surface area contributed by atoms with Gasteiger partial charge in [0.1, 0.15) is 0 Å². The molecule has 1 rings (SSSR count). The molecule has 0 aliphatic rings. The number of rotatable bonds is 7. The molecule has 0 aliphatic carbocycles. The van der Waals surface area contributed by atoms with Gasteiger partial charge in [-0.2, -0.15) is 0 Å². The lowest BCUT2D eigenvalue weighted by Crippen LogP contribution is -2.36. The van der Waals surface area contributed by atoms with Gasteiger partial charge in [-0.1, -0.05) is 0 Å². The van der Waals surface area contributed by atoms with Gasteiger partial charge in [-0.3, -0.25) is 4.98 Å². The van der Waals surface area contributed by atoms with Crippen molar-refractivity contribution in [2.24, 2.45) is 0 Å². The fourth-order valence-electron chi connectivity index (χ4n) is 1.73. The molecule has 0 aromatic carbocycles. The molecule has 5 nitrogen and oxygen atoms in total. The summed E-state index contributed by atoms with van der Waals surface area (Å²) in [4.78, 5) is 3.88. The Morgan fingerprint density at radius 3 is 2.50 bits per heavy atom. The average Bonchev–Trinajstić information content (AvgIpc) is 2.26. The van der Waals surface area contributed by atoms with Crippen molar-refractivity contribution in [1.29, 1.82) is 0 Å². The molecule has 0 fully saturated rings. The van der Waals surface area contributed by atoms with Crippen LogP contribution in [0.5, 0.6) is 0 Å². The molecule has 6 heteroatoms. The maximum Gasteiger partial charge on any atom is 0.212 e. The van der Waals surface area contributed by atoms with Crippen molar-refractivity contribution in [3.05, 3.63) is 30.1 Å². The van der Waals surface area contributed by atoms with Crippen LogP contribution >= 0.6 is 0 Å². The Hall–Kier alpha value is -0.980. The number of aromatic nitrogens is 1. The molecule has 0 saturated heterocycles. The zero-order valence-corrected chi connectivity index (χ0v) is 11.5. The van der Waals surface area contributed by atoms with Crippen molar-refractivity contribution in [1.82, 2.24) is 9.71 Å². The van der Waals surface area contributed by atoms with E-state index in [-0.39, 0.29) is 11.8 Å². The molecule has 1 aromatic rings. The van der Waals surface area contributed by atoms with E-state index in [0.29, 0.717) is 12.8 Å². The van der Waals surface area contributed by atoms with E-state index in [9.17, 15) is 13.5 Å². The third-order valence-corrected chi connectivity index (χ3v) is 3.99. The van der Waals surface area contributed by atoms with E-state index in [2.05, 4.69) is 9.71 Å². The minimum Gasteiger partial charge on any atom is -0.393 e. The third-order valence-electron chi connectivity index (χ3n) is 2.48. The molecule has 2 atom stereocenters. The molecule has 0 saturated carbocycles. The van der Waals surface area contributed by atoms with Crippen molar-refractivity contribution in [2.45, 2.75) is 38.8 Å². The van der Waals surface area contributed by atoms with E-state index in [0.717, 1.165) is 5.56 Å². The Morgan fingerprint density at radius 1 is 1.33 bits per heavy atom. The predicted molar refractivity (Wildman–Crippen MR) is 70.6 cm³/mol. The van der Waals surface area contributed by atoms with Crippen LogP contribution in [-0.4, -0.2) is 36.4 Å². The number of pyridine rings is 1. The lowest BCUT2D eigenvalue weighted by molar-refractivity contribution is 0.175. The summed E-state index contributed by atoms with van der Waals surface area (Å²) in [5, 5.41) is 9.19. The molecule has 1 aromatic heterocycles. The van der Waals surface area contributed by atoms with Gasteiger partial charge in [0.25, 0.3) is 0 Å². The van der Waals surface area contributed by atoms with Gasteiger partial charge in [-0.25, -0.2) is 13.1 Å². The van der Waals surface area contributed by atoms with Gasteiger partial charge in [-0.05, 0) is 44.4 Å². The van der Waals surface area contributed by atoms with E-state index in [1.54, 1.807) is 38.4 Å². The fraction of sp³-hybridized carbons (Fsp3) is 0.583. The summed E-state index contributed by atoms with van der Waals surface area (Å²) < 4.78 is 26.1. The van der Waals surface area contributed by atoms with Gasteiger partial charge >= 0.3 is 0 Å². The van der Waals surface area contributed by atoms with Gasteiger partial charge in [-0.15, -0.1) is 0 Å². The van der Waals surface area contributed by atoms with Crippen molar-refractivity contribution >= 4 is 10.0 Å². The summed E-state index contributed by atoms with van der Waals surface area (Å²) in [6.45, 7) is 3.39. The zero-order valence-electron chi connectivity index (χ0n) is 10.7. The van der Waals surface area contributed by atoms with Gasteiger partial charge in [0, 0.05) is 18.4 Å². The molecule has 1 heterocycles. The highest BCUT2D eigenvalue weighted by Crippen LogP contribution is 2.03. The van der Waals surface area contributed by atoms with Crippen LogP contribution in [0.3, 0.4) is 0 Å². The summed E-state index contributed by atoms with van der Waals surface area (Å²) in [5.74, 6) is 0.0428. The first-order valence-corrected chi connectivity index (χ1v) is 7.61. The number of aryl methyl sites for hydroxylation is 1. The molecule has 0 radical (unpaired) electrons. The molecule has 0 spiro atoms. The molecular weight excluding hydrogens is 252 g/mol. The molecule has 18 heavy (non-hydrogen) atoms. The number of hydrogen-bond donors (Lipinski definition) is 2. The standard InChI is InChI=1S/C12H20N2O3S/c1-10(9-11(2)15)14-18(16,17)8-5-12-3-6-13-7-4-12/h3-4,6-7,10-11,14-15H,5,8-9H2,1-2H3. The normalized spacial score (nSPS) is 15.3. The Labute approximate surface area is 108 Å². The SMILES string of the molecule is CC(O)CC(C)NS(=O)(=O)CCc1ccncc1. The smallest absolute Gasteiger partial charge is 0.212 e. The van der Waals surface area contributed by atoms with Crippen LogP contribution in [0, 0.1) is 0 Å². The third kappa shape index (κ3) is 6.09. The van der Waals surface area contributed by atoms with Crippen LogP contribution in [0.25, 0.3) is 0 Å². The first-order valence-electron chi connectivity index (χ1n) is 5.96. The van der Waals surface area contributed by atoms with Crippen LogP contribution in [0.2, 0.25) is 0 Å². The van der Waals surface area contributed by atoms with E-state index in [1.165, 1.54) is 0 Å². The van der Waals surface area contributed by atoms with Crippen LogP contribution in [0.1, 0.15) is 25.8 Å². The number of hydrogen-bond acceptors (Lipinski definition) is 4. The first kappa shape index (κ1) is 15.1. The number of aliphatic hydroxyl groups is 1. The monoisotopic (exact) mass is 272 g/mol. The minimum absolute atomic E-state index is 0.0428. The van der Waals surface area contributed by atoms with Gasteiger partial charge in [0.2, 0.25) is 10.0 Å². The Morgan fingerprint density at radius 2 is 1.94 bits per heavy atom. The largest absolute Gasteiger partial charge is 0.393 e.